The van der Waals surface area contributed by atoms with Gasteiger partial charge in [0.05, 0.1) is 11.0 Å². The summed E-state index contributed by atoms with van der Waals surface area (Å²) in [5, 5.41) is 2.97. The molecule has 0 unspecified atom stereocenters. The number of amides is 1. The molecular weight excluding hydrogens is 364 g/mol. The average molecular weight is 397 g/mol. The molecule has 7 heteroatoms. The summed E-state index contributed by atoms with van der Waals surface area (Å²) in [7, 11) is -3.60. The maximum absolute atomic E-state index is 12.4. The topological polar surface area (TPSA) is 84.5 Å². The molecule has 2 rings (SSSR count). The Hall–Kier alpha value is -1.44. The number of sulfonamides is 1. The average Bonchev–Trinajstić information content (AvgIpc) is 3.13. The molecule has 1 heterocycles. The van der Waals surface area contributed by atoms with Crippen molar-refractivity contribution >= 4 is 15.9 Å². The van der Waals surface area contributed by atoms with Gasteiger partial charge in [-0.2, -0.15) is 0 Å². The van der Waals surface area contributed by atoms with Gasteiger partial charge in [-0.25, -0.2) is 13.1 Å². The maximum Gasteiger partial charge on any atom is 0.251 e. The van der Waals surface area contributed by atoms with E-state index in [9.17, 15) is 13.2 Å². The summed E-state index contributed by atoms with van der Waals surface area (Å²) in [6.45, 7) is 7.33. The molecule has 1 aromatic rings. The van der Waals surface area contributed by atoms with E-state index in [-0.39, 0.29) is 29.5 Å². The van der Waals surface area contributed by atoms with Crippen LogP contribution in [0, 0.1) is 5.92 Å². The van der Waals surface area contributed by atoms with Gasteiger partial charge in [0.25, 0.3) is 5.91 Å². The molecule has 1 fully saturated rings. The van der Waals surface area contributed by atoms with Crippen molar-refractivity contribution in [3.63, 3.8) is 0 Å². The van der Waals surface area contributed by atoms with Crippen LogP contribution in [0.1, 0.15) is 63.2 Å². The molecule has 0 aliphatic carbocycles. The molecule has 1 aromatic carbocycles. The number of hydrogen-bond acceptors (Lipinski definition) is 4. The fourth-order valence-electron chi connectivity index (χ4n) is 3.09. The van der Waals surface area contributed by atoms with Crippen molar-refractivity contribution in [2.24, 2.45) is 5.92 Å². The molecule has 0 spiro atoms. The molecule has 0 bridgehead atoms. The maximum atomic E-state index is 12.4. The van der Waals surface area contributed by atoms with E-state index in [0.29, 0.717) is 18.1 Å². The predicted molar refractivity (Wildman–Crippen MR) is 106 cm³/mol. The van der Waals surface area contributed by atoms with Crippen LogP contribution in [0.4, 0.5) is 0 Å². The van der Waals surface area contributed by atoms with Gasteiger partial charge in [-0.1, -0.05) is 26.7 Å². The van der Waals surface area contributed by atoms with Crippen molar-refractivity contribution in [1.82, 2.24) is 10.0 Å². The van der Waals surface area contributed by atoms with E-state index in [1.54, 1.807) is 12.1 Å². The minimum Gasteiger partial charge on any atom is -0.377 e. The second kappa shape index (κ2) is 10.2. The Balaban J connectivity index is 1.86. The monoisotopic (exact) mass is 396 g/mol. The summed E-state index contributed by atoms with van der Waals surface area (Å²) in [5.74, 6) is 0.486. The van der Waals surface area contributed by atoms with Gasteiger partial charge in [-0.05, 0) is 56.4 Å². The van der Waals surface area contributed by atoms with E-state index in [4.69, 9.17) is 4.74 Å². The summed E-state index contributed by atoms with van der Waals surface area (Å²) in [4.78, 5) is 12.5. The number of rotatable bonds is 10. The van der Waals surface area contributed by atoms with Crippen molar-refractivity contribution in [1.29, 1.82) is 0 Å². The van der Waals surface area contributed by atoms with Crippen LogP contribution in [0.15, 0.2) is 29.2 Å². The third-order valence-corrected chi connectivity index (χ3v) is 6.19. The van der Waals surface area contributed by atoms with Crippen LogP contribution in [0.3, 0.4) is 0 Å². The second-order valence-electron chi connectivity index (χ2n) is 7.71. The lowest BCUT2D eigenvalue weighted by Gasteiger charge is -2.15. The smallest absolute Gasteiger partial charge is 0.251 e. The lowest BCUT2D eigenvalue weighted by molar-refractivity contribution is 0.0937. The Morgan fingerprint density at radius 3 is 2.48 bits per heavy atom. The van der Waals surface area contributed by atoms with E-state index in [1.807, 2.05) is 6.92 Å². The van der Waals surface area contributed by atoms with Crippen molar-refractivity contribution in [3.8, 4) is 0 Å². The molecule has 0 aromatic heterocycles. The predicted octanol–water partition coefficient (Wildman–Crippen LogP) is 3.09. The molecule has 1 aliphatic heterocycles. The van der Waals surface area contributed by atoms with Gasteiger partial charge in [-0.3, -0.25) is 4.79 Å². The van der Waals surface area contributed by atoms with Gasteiger partial charge >= 0.3 is 0 Å². The fourth-order valence-corrected chi connectivity index (χ4v) is 4.15. The van der Waals surface area contributed by atoms with Crippen LogP contribution in [0.25, 0.3) is 0 Å². The summed E-state index contributed by atoms with van der Waals surface area (Å²) in [6.07, 6.45) is 4.94. The van der Waals surface area contributed by atoms with E-state index in [2.05, 4.69) is 23.9 Å². The zero-order valence-corrected chi connectivity index (χ0v) is 17.3. The third kappa shape index (κ3) is 7.24. The minimum atomic E-state index is -3.60. The first-order chi connectivity index (χ1) is 12.8. The zero-order chi connectivity index (χ0) is 19.9. The third-order valence-electron chi connectivity index (χ3n) is 4.75. The Morgan fingerprint density at radius 1 is 1.19 bits per heavy atom. The number of nitrogens with one attached hydrogen (secondary N) is 2. The molecule has 152 valence electrons. The van der Waals surface area contributed by atoms with Gasteiger partial charge in [0.1, 0.15) is 0 Å². The van der Waals surface area contributed by atoms with Crippen LogP contribution in [-0.2, 0) is 14.8 Å². The molecular formula is C20H32N2O4S. The lowest BCUT2D eigenvalue weighted by Crippen LogP contribution is -2.33. The molecule has 2 N–H and O–H groups in total. The van der Waals surface area contributed by atoms with Crippen LogP contribution in [0.5, 0.6) is 0 Å². The quantitative estimate of drug-likeness (QED) is 0.636. The van der Waals surface area contributed by atoms with Gasteiger partial charge in [0.2, 0.25) is 10.0 Å². The van der Waals surface area contributed by atoms with E-state index < -0.39 is 10.0 Å². The second-order valence-corrected chi connectivity index (χ2v) is 9.48. The molecule has 1 saturated heterocycles. The van der Waals surface area contributed by atoms with Crippen LogP contribution in [0.2, 0.25) is 0 Å². The normalized spacial score (nSPS) is 18.6. The highest BCUT2D eigenvalue weighted by Gasteiger charge is 2.20. The molecule has 0 saturated carbocycles. The van der Waals surface area contributed by atoms with Crippen molar-refractivity contribution in [2.75, 3.05) is 13.2 Å². The molecule has 6 nitrogen and oxygen atoms in total. The van der Waals surface area contributed by atoms with Gasteiger partial charge in [0, 0.05) is 24.8 Å². The summed E-state index contributed by atoms with van der Waals surface area (Å²) in [5.41, 5.74) is 0.462. The largest absolute Gasteiger partial charge is 0.377 e. The Bertz CT molecular complexity index is 695. The van der Waals surface area contributed by atoms with Crippen LogP contribution >= 0.6 is 0 Å². The number of carbonyl (C=O) groups is 1. The highest BCUT2D eigenvalue weighted by Crippen LogP contribution is 2.14. The molecule has 27 heavy (non-hydrogen) atoms. The van der Waals surface area contributed by atoms with E-state index in [0.717, 1.165) is 32.1 Å². The summed E-state index contributed by atoms with van der Waals surface area (Å²) in [6, 6.07) is 6.13. The van der Waals surface area contributed by atoms with Crippen molar-refractivity contribution in [3.05, 3.63) is 29.8 Å². The Labute approximate surface area is 163 Å². The minimum absolute atomic E-state index is 0.0537. The highest BCUT2D eigenvalue weighted by molar-refractivity contribution is 7.89. The lowest BCUT2D eigenvalue weighted by atomic mass is 10.0. The Morgan fingerprint density at radius 2 is 1.89 bits per heavy atom. The highest BCUT2D eigenvalue weighted by atomic mass is 32.2. The molecule has 2 atom stereocenters. The van der Waals surface area contributed by atoms with Gasteiger partial charge < -0.3 is 10.1 Å². The van der Waals surface area contributed by atoms with Gasteiger partial charge in [0.15, 0.2) is 0 Å². The number of carbonyl (C=O) groups excluding carboxylic acids is 1. The molecule has 0 radical (unpaired) electrons. The van der Waals surface area contributed by atoms with Crippen molar-refractivity contribution in [2.45, 2.75) is 69.9 Å². The Kier molecular flexibility index (Phi) is 8.26. The fraction of sp³-hybridized carbons (Fsp3) is 0.650. The first-order valence-corrected chi connectivity index (χ1v) is 11.3. The first-order valence-electron chi connectivity index (χ1n) is 9.80. The first kappa shape index (κ1) is 21.9. The standard InChI is InChI=1S/C20H32N2O4S/c1-15(2)6-4-7-16(3)22-20(23)17-9-11-19(12-10-17)27(24,25)21-14-18-8-5-13-26-18/h9-12,15-16,18,21H,4-8,13-14H2,1-3H3,(H,22,23)/t16-,18-/m0/s1. The SMILES string of the molecule is CC(C)CCC[C@H](C)NC(=O)c1ccc(S(=O)(=O)NC[C@@H]2CCCO2)cc1. The van der Waals surface area contributed by atoms with Crippen LogP contribution in [-0.4, -0.2) is 39.6 Å². The van der Waals surface area contributed by atoms with Gasteiger partial charge in [-0.15, -0.1) is 0 Å². The number of benzene rings is 1. The number of ether oxygens (including phenoxy) is 1. The zero-order valence-electron chi connectivity index (χ0n) is 16.5. The van der Waals surface area contributed by atoms with E-state index in [1.165, 1.54) is 12.1 Å². The summed E-state index contributed by atoms with van der Waals surface area (Å²) >= 11 is 0. The molecule has 1 amide bonds. The van der Waals surface area contributed by atoms with Crippen molar-refractivity contribution < 1.29 is 17.9 Å². The van der Waals surface area contributed by atoms with Crippen LogP contribution < -0.4 is 10.0 Å². The summed E-state index contributed by atoms with van der Waals surface area (Å²) < 4.78 is 32.7. The number of hydrogen-bond donors (Lipinski definition) is 2. The molecule has 1 aliphatic rings. The van der Waals surface area contributed by atoms with E-state index >= 15 is 0 Å².